The quantitative estimate of drug-likeness (QED) is 0.253. The average Bonchev–Trinajstić information content (AvgIpc) is 3.34. The second-order valence-corrected chi connectivity index (χ2v) is 13.6. The summed E-state index contributed by atoms with van der Waals surface area (Å²) in [6.45, 7) is 2.10. The molecule has 1 saturated carbocycles. The maximum absolute atomic E-state index is 13.3. The van der Waals surface area contributed by atoms with Crippen molar-refractivity contribution in [3.05, 3.63) is 87.3 Å². The van der Waals surface area contributed by atoms with Crippen LogP contribution in [0, 0.1) is 18.8 Å². The van der Waals surface area contributed by atoms with Gasteiger partial charge in [-0.25, -0.2) is 8.42 Å². The van der Waals surface area contributed by atoms with Crippen molar-refractivity contribution >= 4 is 38.6 Å². The van der Waals surface area contributed by atoms with Crippen LogP contribution in [0.4, 0.5) is 0 Å². The van der Waals surface area contributed by atoms with Crippen LogP contribution in [0.5, 0.6) is 0 Å². The highest BCUT2D eigenvalue weighted by Crippen LogP contribution is 2.36. The number of hydrogen-bond donors (Lipinski definition) is 0. The number of Topliss-reactive ketones (excluding diaryl/α,β-unsaturated/α-hetero) is 1. The van der Waals surface area contributed by atoms with Gasteiger partial charge in [0, 0.05) is 21.9 Å². The Bertz CT molecular complexity index is 1230. The molecule has 0 spiro atoms. The highest BCUT2D eigenvalue weighted by molar-refractivity contribution is 7.93. The van der Waals surface area contributed by atoms with Gasteiger partial charge >= 0.3 is 0 Å². The first-order valence-corrected chi connectivity index (χ1v) is 15.3. The van der Waals surface area contributed by atoms with E-state index in [9.17, 15) is 13.2 Å². The second-order valence-electron chi connectivity index (χ2n) is 9.76. The number of aryl methyl sites for hydroxylation is 3. The lowest BCUT2D eigenvalue weighted by Gasteiger charge is -2.31. The van der Waals surface area contributed by atoms with Crippen LogP contribution in [0.1, 0.15) is 64.9 Å². The van der Waals surface area contributed by atoms with Gasteiger partial charge in [-0.15, -0.1) is 11.3 Å². The van der Waals surface area contributed by atoms with Crippen LogP contribution in [-0.2, 0) is 22.7 Å². The van der Waals surface area contributed by atoms with E-state index in [1.165, 1.54) is 28.9 Å². The minimum Gasteiger partial charge on any atom is -0.294 e. The van der Waals surface area contributed by atoms with Gasteiger partial charge in [0.1, 0.15) is 4.21 Å². The normalized spacial score (nSPS) is 18.5. The zero-order valence-corrected chi connectivity index (χ0v) is 22.6. The van der Waals surface area contributed by atoms with E-state index in [2.05, 4.69) is 31.2 Å². The molecule has 1 heterocycles. The zero-order chi connectivity index (χ0) is 24.8. The summed E-state index contributed by atoms with van der Waals surface area (Å²) in [5.74, 6) is 0.945. The fourth-order valence-corrected chi connectivity index (χ4v) is 8.37. The van der Waals surface area contributed by atoms with Crippen molar-refractivity contribution in [2.45, 2.75) is 62.5 Å². The molecule has 1 aromatic heterocycles. The van der Waals surface area contributed by atoms with Gasteiger partial charge in [0.15, 0.2) is 15.6 Å². The van der Waals surface area contributed by atoms with Gasteiger partial charge in [-0.3, -0.25) is 4.79 Å². The summed E-state index contributed by atoms with van der Waals surface area (Å²) in [5.41, 5.74) is 3.23. The number of rotatable bonds is 10. The topological polar surface area (TPSA) is 51.2 Å². The summed E-state index contributed by atoms with van der Waals surface area (Å²) in [6, 6.07) is 19.2. The Kier molecular flexibility index (Phi) is 8.85. The lowest BCUT2D eigenvalue weighted by molar-refractivity contribution is 0.0983. The van der Waals surface area contributed by atoms with Crippen molar-refractivity contribution in [3.63, 3.8) is 0 Å². The zero-order valence-electron chi connectivity index (χ0n) is 20.2. The smallest absolute Gasteiger partial charge is 0.188 e. The van der Waals surface area contributed by atoms with Crippen LogP contribution in [0.15, 0.2) is 64.9 Å². The number of halogens is 1. The molecule has 1 fully saturated rings. The van der Waals surface area contributed by atoms with Crippen molar-refractivity contribution in [2.24, 2.45) is 11.8 Å². The standard InChI is InChI=1S/C29H33ClO3S2/c1-21-6-8-22(9-7-21)10-11-23-4-2-3-5-25(23)20-35(32,33)29-19-17-27(34-29)16-18-28(31)24-12-14-26(30)15-13-24/h6-9,12-15,17,19,23,25H,2-5,10-11,16,18,20H2,1H3. The van der Waals surface area contributed by atoms with Gasteiger partial charge in [-0.2, -0.15) is 0 Å². The molecule has 2 atom stereocenters. The predicted octanol–water partition coefficient (Wildman–Crippen LogP) is 7.74. The SMILES string of the molecule is Cc1ccc(CCC2CCCCC2CS(=O)(=O)c2ccc(CCC(=O)c3ccc(Cl)cc3)s2)cc1. The second kappa shape index (κ2) is 11.9. The molecule has 35 heavy (non-hydrogen) atoms. The summed E-state index contributed by atoms with van der Waals surface area (Å²) < 4.78 is 27.0. The molecule has 1 aliphatic carbocycles. The van der Waals surface area contributed by atoms with Crippen LogP contribution in [-0.4, -0.2) is 20.0 Å². The molecule has 0 aliphatic heterocycles. The number of ketones is 1. The maximum Gasteiger partial charge on any atom is 0.188 e. The Morgan fingerprint density at radius 3 is 2.31 bits per heavy atom. The molecule has 0 radical (unpaired) electrons. The fourth-order valence-electron chi connectivity index (χ4n) is 5.03. The molecule has 6 heteroatoms. The minimum atomic E-state index is -3.34. The first kappa shape index (κ1) is 26.1. The van der Waals surface area contributed by atoms with E-state index in [4.69, 9.17) is 11.6 Å². The fraction of sp³-hybridized carbons (Fsp3) is 0.414. The van der Waals surface area contributed by atoms with Crippen molar-refractivity contribution in [2.75, 3.05) is 5.75 Å². The lowest BCUT2D eigenvalue weighted by atomic mass is 9.77. The third kappa shape index (κ3) is 7.28. The first-order chi connectivity index (χ1) is 16.8. The summed E-state index contributed by atoms with van der Waals surface area (Å²) in [4.78, 5) is 13.4. The van der Waals surface area contributed by atoms with Gasteiger partial charge in [-0.05, 0) is 86.4 Å². The van der Waals surface area contributed by atoms with Gasteiger partial charge in [-0.1, -0.05) is 60.7 Å². The van der Waals surface area contributed by atoms with Crippen LogP contribution in [0.2, 0.25) is 5.02 Å². The highest BCUT2D eigenvalue weighted by atomic mass is 35.5. The van der Waals surface area contributed by atoms with E-state index in [0.717, 1.165) is 37.0 Å². The number of benzene rings is 2. The van der Waals surface area contributed by atoms with E-state index >= 15 is 0 Å². The Morgan fingerprint density at radius 1 is 0.914 bits per heavy atom. The van der Waals surface area contributed by atoms with Gasteiger partial charge in [0.25, 0.3) is 0 Å². The summed E-state index contributed by atoms with van der Waals surface area (Å²) >= 11 is 7.22. The van der Waals surface area contributed by atoms with Crippen molar-refractivity contribution in [1.29, 1.82) is 0 Å². The summed E-state index contributed by atoms with van der Waals surface area (Å²) in [7, 11) is -3.34. The molecule has 0 amide bonds. The molecule has 2 aromatic carbocycles. The largest absolute Gasteiger partial charge is 0.294 e. The maximum atomic E-state index is 13.3. The van der Waals surface area contributed by atoms with Gasteiger partial charge in [0.05, 0.1) is 5.75 Å². The number of carbonyl (C=O) groups is 1. The van der Waals surface area contributed by atoms with Crippen molar-refractivity contribution in [1.82, 2.24) is 0 Å². The van der Waals surface area contributed by atoms with E-state index in [1.807, 2.05) is 6.07 Å². The number of hydrogen-bond acceptors (Lipinski definition) is 4. The van der Waals surface area contributed by atoms with Gasteiger partial charge < -0.3 is 0 Å². The first-order valence-electron chi connectivity index (χ1n) is 12.5. The van der Waals surface area contributed by atoms with Crippen molar-refractivity contribution in [3.8, 4) is 0 Å². The third-order valence-electron chi connectivity index (χ3n) is 7.13. The highest BCUT2D eigenvalue weighted by Gasteiger charge is 2.30. The van der Waals surface area contributed by atoms with E-state index in [0.29, 0.717) is 33.6 Å². The molecular formula is C29H33ClO3S2. The number of sulfone groups is 1. The molecular weight excluding hydrogens is 496 g/mol. The molecule has 186 valence electrons. The monoisotopic (exact) mass is 528 g/mol. The Balaban J connectivity index is 1.34. The third-order valence-corrected chi connectivity index (χ3v) is 11.0. The van der Waals surface area contributed by atoms with E-state index in [1.54, 1.807) is 30.3 Å². The molecule has 0 bridgehead atoms. The Morgan fingerprint density at radius 2 is 1.60 bits per heavy atom. The van der Waals surface area contributed by atoms with Gasteiger partial charge in [0.2, 0.25) is 0 Å². The predicted molar refractivity (Wildman–Crippen MR) is 145 cm³/mol. The summed E-state index contributed by atoms with van der Waals surface area (Å²) in [6.07, 6.45) is 7.37. The van der Waals surface area contributed by atoms with Crippen LogP contribution in [0.25, 0.3) is 0 Å². The molecule has 2 unspecified atom stereocenters. The Labute approximate surface area is 218 Å². The van der Waals surface area contributed by atoms with Crippen LogP contribution < -0.4 is 0 Å². The van der Waals surface area contributed by atoms with Crippen LogP contribution in [0.3, 0.4) is 0 Å². The van der Waals surface area contributed by atoms with Crippen molar-refractivity contribution < 1.29 is 13.2 Å². The molecule has 0 saturated heterocycles. The van der Waals surface area contributed by atoms with E-state index < -0.39 is 9.84 Å². The lowest BCUT2D eigenvalue weighted by Crippen LogP contribution is -2.27. The molecule has 0 N–H and O–H groups in total. The molecule has 3 nitrogen and oxygen atoms in total. The minimum absolute atomic E-state index is 0.0399. The summed E-state index contributed by atoms with van der Waals surface area (Å²) in [5, 5.41) is 0.602. The van der Waals surface area contributed by atoms with E-state index in [-0.39, 0.29) is 17.5 Å². The Hall–Kier alpha value is -1.95. The van der Waals surface area contributed by atoms with Crippen LogP contribution >= 0.6 is 22.9 Å². The number of thiophene rings is 1. The molecule has 3 aromatic rings. The molecule has 1 aliphatic rings. The molecule has 4 rings (SSSR count). The number of carbonyl (C=O) groups excluding carboxylic acids is 1. The average molecular weight is 529 g/mol.